The molecule has 3 aromatic rings. The molecule has 0 radical (unpaired) electrons. The first-order valence-electron chi connectivity index (χ1n) is 8.31. The lowest BCUT2D eigenvalue weighted by molar-refractivity contribution is -0.683. The van der Waals surface area contributed by atoms with Crippen LogP contribution in [0.4, 0.5) is 0 Å². The van der Waals surface area contributed by atoms with Gasteiger partial charge in [0, 0.05) is 17.7 Å². The van der Waals surface area contributed by atoms with Crippen molar-refractivity contribution in [2.24, 2.45) is 5.10 Å². The van der Waals surface area contributed by atoms with Gasteiger partial charge in [0.2, 0.25) is 12.3 Å². The van der Waals surface area contributed by atoms with E-state index >= 15 is 0 Å². The maximum Gasteiger partial charge on any atom is 0.271 e. The number of halogens is 1. The molecule has 0 fully saturated rings. The fourth-order valence-electron chi connectivity index (χ4n) is 2.39. The molecule has 6 nitrogen and oxygen atoms in total. The Kier molecular flexibility index (Phi) is 7.59. The van der Waals surface area contributed by atoms with Gasteiger partial charge in [-0.15, -0.1) is 17.0 Å². The number of hydrogen-bond acceptors (Lipinski definition) is 4. The van der Waals surface area contributed by atoms with Crippen LogP contribution >= 0.6 is 17.0 Å². The van der Waals surface area contributed by atoms with Crippen LogP contribution in [0.3, 0.4) is 0 Å². The Balaban J connectivity index is 0.00000280. The molecule has 2 N–H and O–H groups in total. The van der Waals surface area contributed by atoms with Gasteiger partial charge >= 0.3 is 0 Å². The summed E-state index contributed by atoms with van der Waals surface area (Å²) >= 11 is 0. The van der Waals surface area contributed by atoms with Crippen molar-refractivity contribution < 1.29 is 19.3 Å². The molecule has 1 heterocycles. The number of aromatic hydroxyl groups is 1. The van der Waals surface area contributed by atoms with Gasteiger partial charge in [0.05, 0.1) is 11.8 Å². The number of phenols is 1. The number of hydrazone groups is 1. The van der Waals surface area contributed by atoms with E-state index in [9.17, 15) is 14.7 Å². The van der Waals surface area contributed by atoms with E-state index in [1.165, 1.54) is 18.3 Å². The van der Waals surface area contributed by atoms with Crippen LogP contribution in [0.5, 0.6) is 5.75 Å². The van der Waals surface area contributed by atoms with Gasteiger partial charge in [-0.1, -0.05) is 30.3 Å². The highest BCUT2D eigenvalue weighted by Crippen LogP contribution is 2.07. The molecule has 0 unspecified atom stereocenters. The van der Waals surface area contributed by atoms with Crippen molar-refractivity contribution in [2.45, 2.75) is 6.54 Å². The maximum absolute atomic E-state index is 12.2. The molecule has 0 bridgehead atoms. The number of hydrogen-bond donors (Lipinski definition) is 2. The molecule has 3 rings (SSSR count). The lowest BCUT2D eigenvalue weighted by atomic mass is 10.1. The molecule has 1 amide bonds. The van der Waals surface area contributed by atoms with E-state index in [1.54, 1.807) is 53.4 Å². The Hall–Kier alpha value is -3.32. The number of rotatable bonds is 6. The number of pyridine rings is 1. The second-order valence-electron chi connectivity index (χ2n) is 5.84. The molecule has 28 heavy (non-hydrogen) atoms. The summed E-state index contributed by atoms with van der Waals surface area (Å²) in [5.41, 5.74) is 4.27. The monoisotopic (exact) mass is 440 g/mol. The molecular formula is C21H19BrN3O3+. The molecule has 2 aromatic carbocycles. The van der Waals surface area contributed by atoms with Gasteiger partial charge in [0.1, 0.15) is 5.75 Å². The third-order valence-electron chi connectivity index (χ3n) is 3.85. The summed E-state index contributed by atoms with van der Waals surface area (Å²) in [4.78, 5) is 24.3. The highest BCUT2D eigenvalue weighted by Gasteiger charge is 2.13. The normalized spacial score (nSPS) is 10.3. The van der Waals surface area contributed by atoms with Crippen molar-refractivity contribution in [3.63, 3.8) is 0 Å². The second-order valence-corrected chi connectivity index (χ2v) is 5.84. The summed E-state index contributed by atoms with van der Waals surface area (Å²) in [5, 5.41) is 13.1. The summed E-state index contributed by atoms with van der Waals surface area (Å²) in [5.74, 6) is -0.192. The summed E-state index contributed by atoms with van der Waals surface area (Å²) < 4.78 is 1.71. The fraction of sp³-hybridized carbons (Fsp3) is 0.0476. The van der Waals surface area contributed by atoms with Gasteiger partial charge in [0.25, 0.3) is 5.91 Å². The van der Waals surface area contributed by atoms with E-state index in [4.69, 9.17) is 0 Å². The fourth-order valence-corrected chi connectivity index (χ4v) is 2.39. The minimum Gasteiger partial charge on any atom is -0.508 e. The van der Waals surface area contributed by atoms with Crippen LogP contribution in [0.2, 0.25) is 0 Å². The number of carbonyl (C=O) groups excluding carboxylic acids is 2. The highest BCUT2D eigenvalue weighted by atomic mass is 79.9. The van der Waals surface area contributed by atoms with Crippen LogP contribution in [0.1, 0.15) is 26.3 Å². The standard InChI is InChI=1S/C21H17N3O3.BrH/c25-19-8-6-16(7-9-19)14-22-23-21(27)18-10-12-24(13-11-18)15-20(26)17-4-2-1-3-5-17;/h1-14,27H,15H2;1H/p+1. The van der Waals surface area contributed by atoms with Crippen molar-refractivity contribution in [2.75, 3.05) is 0 Å². The lowest BCUT2D eigenvalue weighted by Crippen LogP contribution is -2.37. The predicted molar refractivity (Wildman–Crippen MR) is 111 cm³/mol. The van der Waals surface area contributed by atoms with Crippen LogP contribution in [0.25, 0.3) is 0 Å². The van der Waals surface area contributed by atoms with Crippen molar-refractivity contribution in [1.82, 2.24) is 5.43 Å². The Labute approximate surface area is 172 Å². The lowest BCUT2D eigenvalue weighted by Gasteiger charge is -2.01. The molecule has 1 aromatic heterocycles. The van der Waals surface area contributed by atoms with Gasteiger partial charge in [-0.25, -0.2) is 5.43 Å². The van der Waals surface area contributed by atoms with Gasteiger partial charge < -0.3 is 5.11 Å². The van der Waals surface area contributed by atoms with E-state index in [2.05, 4.69) is 10.5 Å². The van der Waals surface area contributed by atoms with Crippen molar-refractivity contribution in [1.29, 1.82) is 0 Å². The number of amides is 1. The van der Waals surface area contributed by atoms with Crippen molar-refractivity contribution in [3.05, 3.63) is 95.8 Å². The van der Waals surface area contributed by atoms with Gasteiger partial charge in [-0.2, -0.15) is 9.67 Å². The average Bonchev–Trinajstić information content (AvgIpc) is 2.70. The van der Waals surface area contributed by atoms with Crippen molar-refractivity contribution in [3.8, 4) is 5.75 Å². The van der Waals surface area contributed by atoms with E-state index in [0.717, 1.165) is 5.56 Å². The Morgan fingerprint density at radius 3 is 2.21 bits per heavy atom. The van der Waals surface area contributed by atoms with E-state index in [1.807, 2.05) is 18.2 Å². The third kappa shape index (κ3) is 5.85. The van der Waals surface area contributed by atoms with E-state index in [0.29, 0.717) is 11.1 Å². The van der Waals surface area contributed by atoms with E-state index in [-0.39, 0.29) is 41.0 Å². The predicted octanol–water partition coefficient (Wildman–Crippen LogP) is 2.90. The summed E-state index contributed by atoms with van der Waals surface area (Å²) in [6.07, 6.45) is 4.85. The zero-order valence-electron chi connectivity index (χ0n) is 14.9. The molecule has 0 aliphatic rings. The Morgan fingerprint density at radius 1 is 0.929 bits per heavy atom. The van der Waals surface area contributed by atoms with E-state index < -0.39 is 0 Å². The number of aromatic nitrogens is 1. The number of Topliss-reactive ketones (excluding diaryl/α,β-unsaturated/α-hetero) is 1. The zero-order chi connectivity index (χ0) is 19.1. The smallest absolute Gasteiger partial charge is 0.271 e. The molecule has 0 atom stereocenters. The quantitative estimate of drug-likeness (QED) is 0.267. The topological polar surface area (TPSA) is 82.6 Å². The molecule has 142 valence electrons. The maximum atomic E-state index is 12.2. The number of nitrogens with one attached hydrogen (secondary N) is 1. The molecule has 7 heteroatoms. The first kappa shape index (κ1) is 21.0. The summed E-state index contributed by atoms with van der Waals surface area (Å²) in [6.45, 7) is 0.199. The Morgan fingerprint density at radius 2 is 1.57 bits per heavy atom. The van der Waals surface area contributed by atoms with Crippen LogP contribution in [0.15, 0.2) is 84.2 Å². The summed E-state index contributed by atoms with van der Waals surface area (Å²) in [6, 6.07) is 18.8. The van der Waals surface area contributed by atoms with Gasteiger partial charge in [-0.3, -0.25) is 9.59 Å². The average molecular weight is 441 g/mol. The molecule has 0 aliphatic carbocycles. The largest absolute Gasteiger partial charge is 0.508 e. The molecule has 0 aliphatic heterocycles. The van der Waals surface area contributed by atoms with Crippen LogP contribution < -0.4 is 9.99 Å². The number of carbonyl (C=O) groups is 2. The number of phenolic OH excluding ortho intramolecular Hbond substituents is 1. The molecule has 0 saturated carbocycles. The van der Waals surface area contributed by atoms with Crippen LogP contribution in [0, 0.1) is 0 Å². The molecule has 0 spiro atoms. The number of benzene rings is 2. The molecule has 0 saturated heterocycles. The number of nitrogens with zero attached hydrogens (tertiary/aromatic N) is 2. The zero-order valence-corrected chi connectivity index (χ0v) is 16.6. The van der Waals surface area contributed by atoms with Gasteiger partial charge in [-0.05, 0) is 29.8 Å². The van der Waals surface area contributed by atoms with Crippen molar-refractivity contribution >= 4 is 34.9 Å². The Bertz CT molecular complexity index is 956. The second kappa shape index (κ2) is 10.1. The third-order valence-corrected chi connectivity index (χ3v) is 3.85. The number of ketones is 1. The SMILES string of the molecule is Br.O=C(C[n+]1ccc(C(=O)N/N=C/c2ccc(O)cc2)cc1)c1ccccc1. The minimum absolute atomic E-state index is 0. The van der Waals surface area contributed by atoms with Crippen LogP contribution in [-0.4, -0.2) is 23.0 Å². The minimum atomic E-state index is -0.355. The van der Waals surface area contributed by atoms with Gasteiger partial charge in [0.15, 0.2) is 12.4 Å². The highest BCUT2D eigenvalue weighted by molar-refractivity contribution is 8.93. The van der Waals surface area contributed by atoms with Crippen LogP contribution in [-0.2, 0) is 6.54 Å². The first-order valence-corrected chi connectivity index (χ1v) is 8.31. The first-order chi connectivity index (χ1) is 13.1. The summed E-state index contributed by atoms with van der Waals surface area (Å²) in [7, 11) is 0. The molecular weight excluding hydrogens is 422 g/mol.